The van der Waals surface area contributed by atoms with Gasteiger partial charge >= 0.3 is 5.97 Å². The van der Waals surface area contributed by atoms with Gasteiger partial charge in [0.1, 0.15) is 29.1 Å². The summed E-state index contributed by atoms with van der Waals surface area (Å²) in [6, 6.07) is 30.4. The van der Waals surface area contributed by atoms with Crippen LogP contribution in [0.1, 0.15) is 33.9 Å². The average Bonchev–Trinajstić information content (AvgIpc) is 3.59. The number of nitrogens with zero attached hydrogens (tertiary/aromatic N) is 2. The molecule has 0 bridgehead atoms. The third-order valence-corrected chi connectivity index (χ3v) is 7.23. The van der Waals surface area contributed by atoms with Crippen molar-refractivity contribution in [1.82, 2.24) is 10.3 Å². The molecule has 2 N–H and O–H groups in total. The Kier molecular flexibility index (Phi) is 6.94. The Hall–Kier alpha value is -4.66. The molecule has 0 radical (unpaired) electrons. The number of anilines is 1. The minimum atomic E-state index is -1.05. The third-order valence-electron chi connectivity index (χ3n) is 6.59. The zero-order valence-electron chi connectivity index (χ0n) is 20.9. The van der Waals surface area contributed by atoms with Gasteiger partial charge in [0.2, 0.25) is 0 Å². The topological polar surface area (TPSA) is 87.8 Å². The Bertz CT molecular complexity index is 1680. The number of aromatic carboxylic acids is 1. The highest BCUT2D eigenvalue weighted by Gasteiger charge is 2.42. The maximum Gasteiger partial charge on any atom is 0.335 e. The van der Waals surface area contributed by atoms with E-state index in [2.05, 4.69) is 10.3 Å². The monoisotopic (exact) mass is 567 g/mol. The van der Waals surface area contributed by atoms with Crippen LogP contribution in [0.2, 0.25) is 5.02 Å². The summed E-state index contributed by atoms with van der Waals surface area (Å²) in [5.41, 5.74) is 2.24. The van der Waals surface area contributed by atoms with Crippen molar-refractivity contribution < 1.29 is 19.1 Å². The van der Waals surface area contributed by atoms with E-state index >= 15 is 0 Å². The van der Waals surface area contributed by atoms with Gasteiger partial charge in [-0.15, -0.1) is 0 Å². The number of benzene rings is 3. The number of hydrogen-bond donors (Lipinski definition) is 2. The summed E-state index contributed by atoms with van der Waals surface area (Å²) in [5, 5.41) is 13.8. The Morgan fingerprint density at radius 1 is 0.950 bits per heavy atom. The lowest BCUT2D eigenvalue weighted by Crippen LogP contribution is -2.29. The number of hydrogen-bond acceptors (Lipinski definition) is 5. The van der Waals surface area contributed by atoms with Crippen molar-refractivity contribution in [1.29, 1.82) is 0 Å². The molecule has 0 spiro atoms. The van der Waals surface area contributed by atoms with E-state index in [9.17, 15) is 9.90 Å². The molecule has 2 aromatic heterocycles. The van der Waals surface area contributed by atoms with Crippen molar-refractivity contribution in [2.45, 2.75) is 12.1 Å². The lowest BCUT2D eigenvalue weighted by atomic mass is 10.0. The molecule has 9 heteroatoms. The van der Waals surface area contributed by atoms with Crippen molar-refractivity contribution >= 4 is 40.6 Å². The van der Waals surface area contributed by atoms with Crippen molar-refractivity contribution in [2.24, 2.45) is 0 Å². The molecule has 3 heterocycles. The lowest BCUT2D eigenvalue weighted by Gasteiger charge is -2.26. The van der Waals surface area contributed by atoms with Crippen LogP contribution in [0.3, 0.4) is 0 Å². The zero-order valence-corrected chi connectivity index (χ0v) is 22.5. The predicted octanol–water partition coefficient (Wildman–Crippen LogP) is 7.66. The highest BCUT2D eigenvalue weighted by molar-refractivity contribution is 7.80. The molecule has 40 heavy (non-hydrogen) atoms. The minimum Gasteiger partial charge on any atom is -0.478 e. The number of carboxylic acids is 1. The van der Waals surface area contributed by atoms with Gasteiger partial charge in [-0.2, -0.15) is 0 Å². The molecule has 1 aliphatic rings. The van der Waals surface area contributed by atoms with Gasteiger partial charge in [-0.25, -0.2) is 4.79 Å². The molecule has 0 aliphatic carbocycles. The molecule has 0 saturated carbocycles. The number of para-hydroxylation sites is 1. The molecule has 0 unspecified atom stereocenters. The summed E-state index contributed by atoms with van der Waals surface area (Å²) in [4.78, 5) is 18.1. The number of aromatic nitrogens is 1. The first-order valence-corrected chi connectivity index (χ1v) is 13.2. The Balaban J connectivity index is 1.38. The molecule has 1 saturated heterocycles. The second-order valence-corrected chi connectivity index (χ2v) is 9.90. The number of thiocarbonyl (C=S) groups is 1. The molecule has 5 aromatic rings. The van der Waals surface area contributed by atoms with Gasteiger partial charge in [-0.1, -0.05) is 35.9 Å². The first-order chi connectivity index (χ1) is 19.5. The van der Waals surface area contributed by atoms with E-state index in [4.69, 9.17) is 33.0 Å². The third kappa shape index (κ3) is 5.02. The Morgan fingerprint density at radius 3 is 2.42 bits per heavy atom. The summed E-state index contributed by atoms with van der Waals surface area (Å²) in [7, 11) is 0. The number of ether oxygens (including phenoxy) is 1. The molecule has 2 atom stereocenters. The molecule has 7 nitrogen and oxygen atoms in total. The standard InChI is InChI=1S/C31H22ClN3O4S/c32-24-14-9-19(30(36)37)18-23(24)26-15-16-27(39-26)29-28(25-8-4-5-17-33-25)34-31(40)35(29)20-10-12-22(13-11-20)38-21-6-2-1-3-7-21/h1-18,28-29H,(H,34,40)(H,36,37)/t28-,29+/m1/s1. The van der Waals surface area contributed by atoms with Crippen LogP contribution >= 0.6 is 23.8 Å². The van der Waals surface area contributed by atoms with E-state index < -0.39 is 12.0 Å². The molecule has 0 amide bonds. The lowest BCUT2D eigenvalue weighted by molar-refractivity contribution is 0.0697. The van der Waals surface area contributed by atoms with Gasteiger partial charge in [-0.3, -0.25) is 4.98 Å². The fourth-order valence-electron chi connectivity index (χ4n) is 4.72. The Labute approximate surface area is 240 Å². The van der Waals surface area contributed by atoms with Crippen molar-refractivity contribution in [3.8, 4) is 22.8 Å². The second kappa shape index (κ2) is 10.8. The van der Waals surface area contributed by atoms with Gasteiger partial charge in [0.15, 0.2) is 5.11 Å². The van der Waals surface area contributed by atoms with Gasteiger partial charge in [0.05, 0.1) is 22.3 Å². The smallest absolute Gasteiger partial charge is 0.335 e. The van der Waals surface area contributed by atoms with Crippen molar-refractivity contribution in [3.63, 3.8) is 0 Å². The van der Waals surface area contributed by atoms with E-state index in [1.807, 2.05) is 83.8 Å². The van der Waals surface area contributed by atoms with Crippen LogP contribution in [-0.2, 0) is 0 Å². The van der Waals surface area contributed by atoms with Gasteiger partial charge in [0, 0.05) is 17.4 Å². The van der Waals surface area contributed by atoms with Crippen LogP contribution in [0.25, 0.3) is 11.3 Å². The summed E-state index contributed by atoms with van der Waals surface area (Å²) in [5.74, 6) is 1.46. The number of carbonyl (C=O) groups is 1. The summed E-state index contributed by atoms with van der Waals surface area (Å²) >= 11 is 12.2. The normalized spacial score (nSPS) is 16.5. The van der Waals surface area contributed by atoms with Crippen LogP contribution < -0.4 is 15.0 Å². The van der Waals surface area contributed by atoms with E-state index in [0.717, 1.165) is 17.1 Å². The number of carboxylic acid groups (broad SMARTS) is 1. The molecule has 3 aromatic carbocycles. The Morgan fingerprint density at radius 2 is 1.70 bits per heavy atom. The zero-order chi connectivity index (χ0) is 27.6. The van der Waals surface area contributed by atoms with Crippen LogP contribution in [0.15, 0.2) is 114 Å². The van der Waals surface area contributed by atoms with Crippen LogP contribution in [0.5, 0.6) is 11.5 Å². The van der Waals surface area contributed by atoms with E-state index in [0.29, 0.717) is 33.0 Å². The highest BCUT2D eigenvalue weighted by Crippen LogP contribution is 2.44. The van der Waals surface area contributed by atoms with E-state index in [1.165, 1.54) is 12.1 Å². The van der Waals surface area contributed by atoms with E-state index in [-0.39, 0.29) is 11.6 Å². The number of halogens is 1. The second-order valence-electron chi connectivity index (χ2n) is 9.11. The molecule has 1 aliphatic heterocycles. The SMILES string of the molecule is O=C(O)c1ccc(Cl)c(-c2ccc([C@H]3[C@@H](c4ccccn4)NC(=S)N3c3ccc(Oc4ccccc4)cc3)o2)c1. The first-order valence-electron chi connectivity index (χ1n) is 12.4. The fourth-order valence-corrected chi connectivity index (χ4v) is 5.28. The average molecular weight is 568 g/mol. The first kappa shape index (κ1) is 25.6. The molecule has 6 rings (SSSR count). The molecule has 1 fully saturated rings. The van der Waals surface area contributed by atoms with Gasteiger partial charge < -0.3 is 24.5 Å². The van der Waals surface area contributed by atoms with Crippen LogP contribution in [0, 0.1) is 0 Å². The summed E-state index contributed by atoms with van der Waals surface area (Å²) in [6.07, 6.45) is 1.74. The number of nitrogens with one attached hydrogen (secondary N) is 1. The van der Waals surface area contributed by atoms with Crippen LogP contribution in [-0.4, -0.2) is 21.2 Å². The molecular weight excluding hydrogens is 546 g/mol. The number of furan rings is 1. The minimum absolute atomic E-state index is 0.117. The predicted molar refractivity (Wildman–Crippen MR) is 157 cm³/mol. The maximum absolute atomic E-state index is 11.6. The quantitative estimate of drug-likeness (QED) is 0.194. The fraction of sp³-hybridized carbons (Fsp3) is 0.0645. The van der Waals surface area contributed by atoms with E-state index in [1.54, 1.807) is 18.3 Å². The van der Waals surface area contributed by atoms with Crippen LogP contribution in [0.4, 0.5) is 5.69 Å². The largest absolute Gasteiger partial charge is 0.478 e. The highest BCUT2D eigenvalue weighted by atomic mass is 35.5. The van der Waals surface area contributed by atoms with Gasteiger partial charge in [-0.05, 0) is 91.1 Å². The summed E-state index contributed by atoms with van der Waals surface area (Å²) in [6.45, 7) is 0. The summed E-state index contributed by atoms with van der Waals surface area (Å²) < 4.78 is 12.3. The number of pyridine rings is 1. The number of rotatable bonds is 7. The van der Waals surface area contributed by atoms with Gasteiger partial charge in [0.25, 0.3) is 0 Å². The van der Waals surface area contributed by atoms with Crippen molar-refractivity contribution in [2.75, 3.05) is 4.90 Å². The van der Waals surface area contributed by atoms with Crippen molar-refractivity contribution in [3.05, 3.63) is 131 Å². The molecular formula is C31H22ClN3O4S. The maximum atomic E-state index is 11.6. The molecule has 198 valence electrons.